The SMILES string of the molecule is Cc1nc(N2CCn3c(cc4ccc(S(C)(=O)=O)cc43)[C@@H]2C(C)C)ncc1C(C)O. The number of sulfone groups is 1. The van der Waals surface area contributed by atoms with E-state index in [1.54, 1.807) is 25.3 Å². The largest absolute Gasteiger partial charge is 0.389 e. The van der Waals surface area contributed by atoms with E-state index in [1.807, 2.05) is 13.0 Å². The fourth-order valence-corrected chi connectivity index (χ4v) is 5.07. The zero-order chi connectivity index (χ0) is 21.8. The van der Waals surface area contributed by atoms with Crippen molar-refractivity contribution >= 4 is 26.7 Å². The summed E-state index contributed by atoms with van der Waals surface area (Å²) >= 11 is 0. The molecular weight excluding hydrogens is 400 g/mol. The Labute approximate surface area is 177 Å². The molecule has 1 unspecified atom stereocenters. The number of nitrogens with zero attached hydrogens (tertiary/aromatic N) is 4. The average molecular weight is 429 g/mol. The molecular formula is C22H28N4O3S. The highest BCUT2D eigenvalue weighted by Gasteiger charge is 2.33. The van der Waals surface area contributed by atoms with Gasteiger partial charge in [0.25, 0.3) is 0 Å². The molecule has 1 aromatic carbocycles. The molecule has 3 heterocycles. The van der Waals surface area contributed by atoms with Crippen molar-refractivity contribution in [2.24, 2.45) is 5.92 Å². The van der Waals surface area contributed by atoms with Gasteiger partial charge >= 0.3 is 0 Å². The van der Waals surface area contributed by atoms with Crippen LogP contribution >= 0.6 is 0 Å². The Hall–Kier alpha value is -2.45. The molecule has 1 N–H and O–H groups in total. The monoisotopic (exact) mass is 428 g/mol. The smallest absolute Gasteiger partial charge is 0.226 e. The van der Waals surface area contributed by atoms with Crippen molar-refractivity contribution < 1.29 is 13.5 Å². The molecule has 30 heavy (non-hydrogen) atoms. The lowest BCUT2D eigenvalue weighted by Gasteiger charge is -2.39. The highest BCUT2D eigenvalue weighted by Crippen LogP contribution is 2.38. The standard InChI is InChI=1S/C22H28N4O3S/c1-13(2)21-20-10-16-6-7-17(30(5,28)29)11-19(16)25(20)8-9-26(21)22-23-12-18(15(4)27)14(3)24-22/h6-7,10-13,15,21,27H,8-9H2,1-5H3/t15?,21-/m0/s1. The number of aliphatic hydroxyl groups is 1. The van der Waals surface area contributed by atoms with Gasteiger partial charge in [0.05, 0.1) is 17.0 Å². The van der Waals surface area contributed by atoms with Gasteiger partial charge < -0.3 is 14.6 Å². The van der Waals surface area contributed by atoms with Crippen LogP contribution in [0, 0.1) is 12.8 Å². The van der Waals surface area contributed by atoms with E-state index in [9.17, 15) is 13.5 Å². The number of aryl methyl sites for hydroxylation is 1. The van der Waals surface area contributed by atoms with Gasteiger partial charge in [0.1, 0.15) is 0 Å². The van der Waals surface area contributed by atoms with E-state index in [-0.39, 0.29) is 6.04 Å². The van der Waals surface area contributed by atoms with E-state index < -0.39 is 15.9 Å². The maximum atomic E-state index is 12.0. The van der Waals surface area contributed by atoms with Crippen LogP contribution in [0.4, 0.5) is 5.95 Å². The Morgan fingerprint density at radius 2 is 1.90 bits per heavy atom. The summed E-state index contributed by atoms with van der Waals surface area (Å²) in [6.07, 6.45) is 2.35. The molecule has 0 radical (unpaired) electrons. The van der Waals surface area contributed by atoms with Crippen LogP contribution in [0.1, 0.15) is 49.9 Å². The van der Waals surface area contributed by atoms with Crippen LogP contribution in [0.2, 0.25) is 0 Å². The minimum atomic E-state index is -3.26. The van der Waals surface area contributed by atoms with Crippen LogP contribution in [-0.4, -0.2) is 40.9 Å². The maximum Gasteiger partial charge on any atom is 0.226 e. The number of rotatable bonds is 4. The van der Waals surface area contributed by atoms with Crippen LogP contribution in [0.15, 0.2) is 35.4 Å². The van der Waals surface area contributed by atoms with Crippen molar-refractivity contribution in [2.45, 2.75) is 51.3 Å². The fraction of sp³-hybridized carbons (Fsp3) is 0.455. The molecule has 0 aliphatic carbocycles. The van der Waals surface area contributed by atoms with Crippen LogP contribution < -0.4 is 4.90 Å². The highest BCUT2D eigenvalue weighted by atomic mass is 32.2. The third-order valence-electron chi connectivity index (χ3n) is 5.88. The molecule has 0 spiro atoms. The molecule has 0 saturated heterocycles. The summed E-state index contributed by atoms with van der Waals surface area (Å²) in [6, 6.07) is 7.54. The molecule has 160 valence electrons. The van der Waals surface area contributed by atoms with Gasteiger partial charge in [-0.05, 0) is 38.0 Å². The van der Waals surface area contributed by atoms with Gasteiger partial charge in [0.15, 0.2) is 9.84 Å². The zero-order valence-electron chi connectivity index (χ0n) is 18.0. The number of aromatic nitrogens is 3. The van der Waals surface area contributed by atoms with Gasteiger partial charge in [-0.2, -0.15) is 0 Å². The van der Waals surface area contributed by atoms with E-state index >= 15 is 0 Å². The van der Waals surface area contributed by atoms with Crippen molar-refractivity contribution in [3.8, 4) is 0 Å². The lowest BCUT2D eigenvalue weighted by atomic mass is 9.97. The summed E-state index contributed by atoms with van der Waals surface area (Å²) in [7, 11) is -3.26. The highest BCUT2D eigenvalue weighted by molar-refractivity contribution is 7.90. The van der Waals surface area contributed by atoms with Gasteiger partial charge in [-0.1, -0.05) is 19.9 Å². The first-order valence-electron chi connectivity index (χ1n) is 10.2. The summed E-state index contributed by atoms with van der Waals surface area (Å²) in [5.41, 5.74) is 3.60. The Balaban J connectivity index is 1.82. The van der Waals surface area contributed by atoms with Gasteiger partial charge in [0, 0.05) is 53.4 Å². The topological polar surface area (TPSA) is 88.3 Å². The van der Waals surface area contributed by atoms with Crippen LogP contribution in [-0.2, 0) is 16.4 Å². The molecule has 2 aromatic heterocycles. The average Bonchev–Trinajstić information content (AvgIpc) is 3.03. The minimum absolute atomic E-state index is 0.0598. The predicted molar refractivity (Wildman–Crippen MR) is 117 cm³/mol. The quantitative estimate of drug-likeness (QED) is 0.685. The molecule has 7 nitrogen and oxygen atoms in total. The Bertz CT molecular complexity index is 1210. The zero-order valence-corrected chi connectivity index (χ0v) is 18.8. The number of hydrogen-bond acceptors (Lipinski definition) is 6. The van der Waals surface area contributed by atoms with Crippen LogP contribution in [0.3, 0.4) is 0 Å². The van der Waals surface area contributed by atoms with E-state index in [1.165, 1.54) is 6.26 Å². The first-order valence-corrected chi connectivity index (χ1v) is 12.1. The Morgan fingerprint density at radius 1 is 1.17 bits per heavy atom. The van der Waals surface area contributed by atoms with Crippen LogP contribution in [0.25, 0.3) is 10.9 Å². The molecule has 1 aliphatic heterocycles. The molecule has 8 heteroatoms. The summed E-state index contributed by atoms with van der Waals surface area (Å²) < 4.78 is 26.3. The first-order chi connectivity index (χ1) is 14.1. The van der Waals surface area contributed by atoms with E-state index in [2.05, 4.69) is 34.4 Å². The molecule has 0 amide bonds. The molecule has 2 atom stereocenters. The molecule has 4 rings (SSSR count). The fourth-order valence-electron chi connectivity index (χ4n) is 4.43. The lowest BCUT2D eigenvalue weighted by molar-refractivity contribution is 0.197. The Kier molecular flexibility index (Phi) is 5.10. The third kappa shape index (κ3) is 3.48. The minimum Gasteiger partial charge on any atom is -0.389 e. The number of anilines is 1. The van der Waals surface area contributed by atoms with Gasteiger partial charge in [-0.25, -0.2) is 18.4 Å². The third-order valence-corrected chi connectivity index (χ3v) is 6.99. The molecule has 3 aromatic rings. The summed E-state index contributed by atoms with van der Waals surface area (Å²) in [6.45, 7) is 9.39. The second-order valence-electron chi connectivity index (χ2n) is 8.48. The Morgan fingerprint density at radius 3 is 2.50 bits per heavy atom. The van der Waals surface area contributed by atoms with Gasteiger partial charge in [0.2, 0.25) is 5.95 Å². The van der Waals surface area contributed by atoms with E-state index in [4.69, 9.17) is 4.98 Å². The summed E-state index contributed by atoms with van der Waals surface area (Å²) in [4.78, 5) is 11.8. The van der Waals surface area contributed by atoms with Gasteiger partial charge in [-0.3, -0.25) is 0 Å². The predicted octanol–water partition coefficient (Wildman–Crippen LogP) is 3.41. The first kappa shape index (κ1) is 20.8. The molecule has 1 aliphatic rings. The van der Waals surface area contributed by atoms with Crippen molar-refractivity contribution in [2.75, 3.05) is 17.7 Å². The number of hydrogen-bond donors (Lipinski definition) is 1. The number of aliphatic hydroxyl groups excluding tert-OH is 1. The normalized spacial score (nSPS) is 18.1. The van der Waals surface area contributed by atoms with Crippen molar-refractivity contribution in [1.82, 2.24) is 14.5 Å². The number of fused-ring (bicyclic) bond motifs is 3. The lowest BCUT2D eigenvalue weighted by Crippen LogP contribution is -2.41. The second kappa shape index (κ2) is 7.35. The summed E-state index contributed by atoms with van der Waals surface area (Å²) in [5.74, 6) is 0.951. The van der Waals surface area contributed by atoms with E-state index in [0.29, 0.717) is 16.8 Å². The van der Waals surface area contributed by atoms with Crippen molar-refractivity contribution in [3.63, 3.8) is 0 Å². The molecule has 0 fully saturated rings. The van der Waals surface area contributed by atoms with E-state index in [0.717, 1.165) is 40.9 Å². The van der Waals surface area contributed by atoms with Crippen molar-refractivity contribution in [1.29, 1.82) is 0 Å². The van der Waals surface area contributed by atoms with Crippen molar-refractivity contribution in [3.05, 3.63) is 47.4 Å². The summed E-state index contributed by atoms with van der Waals surface area (Å²) in [5, 5.41) is 10.9. The molecule has 0 bridgehead atoms. The molecule has 0 saturated carbocycles. The van der Waals surface area contributed by atoms with Gasteiger partial charge in [-0.15, -0.1) is 0 Å². The maximum absolute atomic E-state index is 12.0. The second-order valence-corrected chi connectivity index (χ2v) is 10.5. The van der Waals surface area contributed by atoms with Crippen LogP contribution in [0.5, 0.6) is 0 Å². The number of benzene rings is 1.